The summed E-state index contributed by atoms with van der Waals surface area (Å²) in [5.74, 6) is 0.354. The molecule has 0 bridgehead atoms. The average molecular weight is 451 g/mol. The summed E-state index contributed by atoms with van der Waals surface area (Å²) in [6, 6.07) is 7.80. The van der Waals surface area contributed by atoms with Gasteiger partial charge in [-0.25, -0.2) is 4.79 Å². The number of hydrogen-bond acceptors (Lipinski definition) is 7. The van der Waals surface area contributed by atoms with Crippen LogP contribution < -0.4 is 0 Å². The molecule has 0 N–H and O–H groups in total. The predicted octanol–water partition coefficient (Wildman–Crippen LogP) is 3.01. The minimum atomic E-state index is 0.0659. The fraction of sp³-hybridized carbons (Fsp3) is 0.240. The number of likely N-dealkylation sites (tertiary alicyclic amines) is 2. The van der Waals surface area contributed by atoms with Gasteiger partial charge in [0.05, 0.1) is 22.8 Å². The summed E-state index contributed by atoms with van der Waals surface area (Å²) in [5, 5.41) is 0. The van der Waals surface area contributed by atoms with Gasteiger partial charge in [-0.2, -0.15) is 0 Å². The van der Waals surface area contributed by atoms with Gasteiger partial charge in [0.2, 0.25) is 0 Å². The Hall–Kier alpha value is -4.27. The summed E-state index contributed by atoms with van der Waals surface area (Å²) in [5.41, 5.74) is 5.56. The molecular weight excluding hydrogens is 428 g/mol. The summed E-state index contributed by atoms with van der Waals surface area (Å²) >= 11 is 0. The molecule has 9 nitrogen and oxygen atoms in total. The molecule has 0 unspecified atom stereocenters. The van der Waals surface area contributed by atoms with Crippen molar-refractivity contribution < 1.29 is 4.79 Å². The van der Waals surface area contributed by atoms with Crippen molar-refractivity contribution in [1.82, 2.24) is 39.7 Å². The number of nitrogens with zero attached hydrogens (tertiary/aromatic N) is 8. The molecule has 9 heteroatoms. The van der Waals surface area contributed by atoms with E-state index in [1.54, 1.807) is 49.6 Å². The largest absolute Gasteiger partial charge is 0.323 e. The highest BCUT2D eigenvalue weighted by atomic mass is 16.2. The van der Waals surface area contributed by atoms with Gasteiger partial charge in [0.25, 0.3) is 0 Å². The van der Waals surface area contributed by atoms with Crippen molar-refractivity contribution in [1.29, 1.82) is 0 Å². The number of urea groups is 1. The fourth-order valence-corrected chi connectivity index (χ4v) is 4.57. The Bertz CT molecular complexity index is 1200. The number of carbonyl (C=O) groups excluding carboxylic acids is 1. The molecule has 2 aliphatic rings. The second-order valence-corrected chi connectivity index (χ2v) is 8.54. The minimum Gasteiger partial charge on any atom is -0.323 e. The van der Waals surface area contributed by atoms with Gasteiger partial charge >= 0.3 is 6.03 Å². The highest BCUT2D eigenvalue weighted by Crippen LogP contribution is 2.36. The third-order valence-electron chi connectivity index (χ3n) is 6.44. The number of rotatable bonds is 4. The second kappa shape index (κ2) is 8.58. The monoisotopic (exact) mass is 450 g/mol. The fourth-order valence-electron chi connectivity index (χ4n) is 4.57. The molecule has 2 saturated heterocycles. The first-order chi connectivity index (χ1) is 16.8. The van der Waals surface area contributed by atoms with Crippen LogP contribution in [0.15, 0.2) is 73.8 Å². The molecule has 0 atom stereocenters. The zero-order chi connectivity index (χ0) is 22.9. The van der Waals surface area contributed by atoms with Crippen molar-refractivity contribution >= 4 is 6.03 Å². The standard InChI is InChI=1S/C25H22N8O/c34-25(32-13-19(14-32)23-21(28-9-11-30-23)17-1-5-26-6-2-17)33-15-20(16-33)24-22(29-10-12-31-24)18-3-7-27-8-4-18/h1-12,19-20H,13-16H2. The van der Waals surface area contributed by atoms with Crippen molar-refractivity contribution in [3.63, 3.8) is 0 Å². The van der Waals surface area contributed by atoms with Crippen molar-refractivity contribution in [2.75, 3.05) is 26.2 Å². The van der Waals surface area contributed by atoms with E-state index in [2.05, 4.69) is 29.9 Å². The van der Waals surface area contributed by atoms with E-state index in [1.165, 1.54) is 0 Å². The van der Waals surface area contributed by atoms with Crippen LogP contribution in [0.3, 0.4) is 0 Å². The first-order valence-electron chi connectivity index (χ1n) is 11.2. The summed E-state index contributed by atoms with van der Waals surface area (Å²) in [6.07, 6.45) is 13.8. The zero-order valence-corrected chi connectivity index (χ0v) is 18.4. The molecule has 0 saturated carbocycles. The van der Waals surface area contributed by atoms with E-state index < -0.39 is 0 Å². The van der Waals surface area contributed by atoms with E-state index in [0.717, 1.165) is 33.9 Å². The first-order valence-corrected chi connectivity index (χ1v) is 11.2. The Morgan fingerprint density at radius 1 is 0.588 bits per heavy atom. The lowest BCUT2D eigenvalue weighted by Crippen LogP contribution is -2.59. The van der Waals surface area contributed by atoms with Crippen LogP contribution in [0.2, 0.25) is 0 Å². The molecule has 4 aromatic heterocycles. The number of pyridine rings is 2. The van der Waals surface area contributed by atoms with Crippen molar-refractivity contribution in [2.45, 2.75) is 11.8 Å². The highest BCUT2D eigenvalue weighted by Gasteiger charge is 2.41. The summed E-state index contributed by atoms with van der Waals surface area (Å²) in [6.45, 7) is 2.57. The van der Waals surface area contributed by atoms with Gasteiger partial charge in [0.1, 0.15) is 0 Å². The molecule has 34 heavy (non-hydrogen) atoms. The molecule has 6 heterocycles. The maximum absolute atomic E-state index is 13.0. The zero-order valence-electron chi connectivity index (χ0n) is 18.4. The Labute approximate surface area is 196 Å². The van der Waals surface area contributed by atoms with Crippen molar-refractivity contribution in [3.05, 3.63) is 85.2 Å². The van der Waals surface area contributed by atoms with Gasteiger partial charge in [-0.15, -0.1) is 0 Å². The van der Waals surface area contributed by atoms with E-state index in [-0.39, 0.29) is 17.9 Å². The topological polar surface area (TPSA) is 101 Å². The van der Waals surface area contributed by atoms with Crippen LogP contribution in [0.25, 0.3) is 22.5 Å². The molecule has 0 radical (unpaired) electrons. The van der Waals surface area contributed by atoms with Gasteiger partial charge in [-0.1, -0.05) is 0 Å². The molecule has 2 amide bonds. The summed E-state index contributed by atoms with van der Waals surface area (Å²) in [7, 11) is 0. The lowest BCUT2D eigenvalue weighted by molar-refractivity contribution is 0.0836. The normalized spacial score (nSPS) is 16.1. The van der Waals surface area contributed by atoms with E-state index >= 15 is 0 Å². The van der Waals surface area contributed by atoms with Crippen molar-refractivity contribution in [3.8, 4) is 22.5 Å². The van der Waals surface area contributed by atoms with Gasteiger partial charge in [0.15, 0.2) is 0 Å². The molecule has 0 aromatic carbocycles. The molecule has 168 valence electrons. The number of aromatic nitrogens is 6. The third-order valence-corrected chi connectivity index (χ3v) is 6.44. The Morgan fingerprint density at radius 3 is 1.38 bits per heavy atom. The molecule has 0 spiro atoms. The van der Waals surface area contributed by atoms with E-state index in [4.69, 9.17) is 0 Å². The molecular formula is C25H22N8O. The van der Waals surface area contributed by atoms with E-state index in [1.807, 2.05) is 34.1 Å². The van der Waals surface area contributed by atoms with Crippen LogP contribution in [0.5, 0.6) is 0 Å². The summed E-state index contributed by atoms with van der Waals surface area (Å²) < 4.78 is 0. The maximum atomic E-state index is 13.0. The van der Waals surface area contributed by atoms with Gasteiger partial charge in [-0.05, 0) is 24.3 Å². The van der Waals surface area contributed by atoms with Gasteiger partial charge < -0.3 is 9.80 Å². The van der Waals surface area contributed by atoms with Gasteiger partial charge in [-0.3, -0.25) is 29.9 Å². The number of amides is 2. The molecule has 0 aliphatic carbocycles. The maximum Gasteiger partial charge on any atom is 0.320 e. The SMILES string of the molecule is O=C(N1CC(c2nccnc2-c2ccncc2)C1)N1CC(c2nccnc2-c2ccncc2)C1. The number of carbonyl (C=O) groups is 1. The first kappa shape index (κ1) is 20.3. The highest BCUT2D eigenvalue weighted by molar-refractivity contribution is 5.77. The average Bonchev–Trinajstić information content (AvgIpc) is 2.84. The van der Waals surface area contributed by atoms with Crippen LogP contribution in [0, 0.1) is 0 Å². The minimum absolute atomic E-state index is 0.0659. The Balaban J connectivity index is 1.10. The molecule has 2 aliphatic heterocycles. The third kappa shape index (κ3) is 3.64. The second-order valence-electron chi connectivity index (χ2n) is 8.54. The molecule has 4 aromatic rings. The van der Waals surface area contributed by atoms with Crippen LogP contribution in [-0.2, 0) is 0 Å². The number of hydrogen-bond donors (Lipinski definition) is 0. The molecule has 6 rings (SSSR count). The molecule has 2 fully saturated rings. The Morgan fingerprint density at radius 2 is 0.971 bits per heavy atom. The predicted molar refractivity (Wildman–Crippen MR) is 125 cm³/mol. The summed E-state index contributed by atoms with van der Waals surface area (Å²) in [4.78, 5) is 43.2. The van der Waals surface area contributed by atoms with Crippen LogP contribution >= 0.6 is 0 Å². The van der Waals surface area contributed by atoms with Crippen LogP contribution in [0.4, 0.5) is 4.79 Å². The quantitative estimate of drug-likeness (QED) is 0.471. The van der Waals surface area contributed by atoms with Gasteiger partial charge in [0, 0.05) is 98.7 Å². The van der Waals surface area contributed by atoms with Crippen LogP contribution in [0.1, 0.15) is 23.2 Å². The lowest BCUT2D eigenvalue weighted by Gasteiger charge is -2.46. The van der Waals surface area contributed by atoms with E-state index in [0.29, 0.717) is 26.2 Å². The lowest BCUT2D eigenvalue weighted by atomic mass is 9.91. The van der Waals surface area contributed by atoms with E-state index in [9.17, 15) is 4.79 Å². The van der Waals surface area contributed by atoms with Crippen LogP contribution in [-0.4, -0.2) is 71.9 Å². The Kier molecular flexibility index (Phi) is 5.14. The van der Waals surface area contributed by atoms with Crippen molar-refractivity contribution in [2.24, 2.45) is 0 Å². The smallest absolute Gasteiger partial charge is 0.320 e.